The Bertz CT molecular complexity index is 475. The minimum absolute atomic E-state index is 0.529. The van der Waals surface area contributed by atoms with Crippen molar-refractivity contribution >= 4 is 5.96 Å². The average molecular weight is 321 g/mol. The maximum absolute atomic E-state index is 5.87. The summed E-state index contributed by atoms with van der Waals surface area (Å²) in [6.45, 7) is 3.78. The van der Waals surface area contributed by atoms with Crippen LogP contribution in [0.25, 0.3) is 0 Å². The first-order valence-corrected chi connectivity index (χ1v) is 8.46. The van der Waals surface area contributed by atoms with Gasteiger partial charge in [0.05, 0.1) is 14.2 Å². The molecule has 0 saturated heterocycles. The van der Waals surface area contributed by atoms with Gasteiger partial charge < -0.3 is 20.5 Å². The maximum atomic E-state index is 5.87. The van der Waals surface area contributed by atoms with Crippen LogP contribution in [0.5, 0.6) is 11.5 Å². The third-order valence-electron chi connectivity index (χ3n) is 3.71. The van der Waals surface area contributed by atoms with Crippen LogP contribution in [0.1, 0.15) is 44.6 Å². The highest BCUT2D eigenvalue weighted by molar-refractivity contribution is 5.77. The summed E-state index contributed by atoms with van der Waals surface area (Å²) in [7, 11) is 3.28. The fraction of sp³-hybridized carbons (Fsp3) is 0.611. The van der Waals surface area contributed by atoms with E-state index in [4.69, 9.17) is 15.2 Å². The van der Waals surface area contributed by atoms with Crippen LogP contribution in [-0.2, 0) is 6.42 Å². The van der Waals surface area contributed by atoms with Crippen molar-refractivity contribution in [1.29, 1.82) is 0 Å². The van der Waals surface area contributed by atoms with E-state index in [9.17, 15) is 0 Å². The van der Waals surface area contributed by atoms with E-state index in [0.717, 1.165) is 37.4 Å². The summed E-state index contributed by atoms with van der Waals surface area (Å²) < 4.78 is 10.5. The van der Waals surface area contributed by atoms with E-state index in [2.05, 4.69) is 17.2 Å². The minimum Gasteiger partial charge on any atom is -0.493 e. The number of nitrogens with zero attached hydrogens (tertiary/aromatic N) is 1. The molecule has 1 aromatic carbocycles. The minimum atomic E-state index is 0.529. The molecule has 0 fully saturated rings. The number of nitrogens with two attached hydrogens (primary N) is 1. The van der Waals surface area contributed by atoms with Gasteiger partial charge in [0.1, 0.15) is 0 Å². The summed E-state index contributed by atoms with van der Waals surface area (Å²) >= 11 is 0. The van der Waals surface area contributed by atoms with Crippen LogP contribution in [0.15, 0.2) is 23.2 Å². The van der Waals surface area contributed by atoms with Crippen LogP contribution < -0.4 is 20.5 Å². The van der Waals surface area contributed by atoms with E-state index in [0.29, 0.717) is 5.96 Å². The van der Waals surface area contributed by atoms with E-state index in [1.165, 1.54) is 31.2 Å². The lowest BCUT2D eigenvalue weighted by Gasteiger charge is -2.10. The number of ether oxygens (including phenoxy) is 2. The molecule has 3 N–H and O–H groups in total. The van der Waals surface area contributed by atoms with Crippen molar-refractivity contribution in [3.8, 4) is 11.5 Å². The Kier molecular flexibility index (Phi) is 9.68. The molecule has 130 valence electrons. The van der Waals surface area contributed by atoms with Gasteiger partial charge in [0, 0.05) is 13.1 Å². The molecule has 0 unspecified atom stereocenters. The monoisotopic (exact) mass is 321 g/mol. The second-order valence-electron chi connectivity index (χ2n) is 5.55. The lowest BCUT2D eigenvalue weighted by molar-refractivity contribution is 0.354. The molecule has 5 nitrogen and oxygen atoms in total. The largest absolute Gasteiger partial charge is 0.493 e. The molecule has 0 amide bonds. The van der Waals surface area contributed by atoms with Gasteiger partial charge in [-0.25, -0.2) is 0 Å². The van der Waals surface area contributed by atoms with Gasteiger partial charge in [-0.15, -0.1) is 0 Å². The van der Waals surface area contributed by atoms with Crippen LogP contribution in [0.3, 0.4) is 0 Å². The fourth-order valence-corrected chi connectivity index (χ4v) is 2.34. The number of hydrogen-bond acceptors (Lipinski definition) is 3. The molecule has 0 spiro atoms. The van der Waals surface area contributed by atoms with Crippen molar-refractivity contribution in [2.24, 2.45) is 10.7 Å². The molecule has 1 aromatic rings. The number of unbranched alkanes of at least 4 members (excludes halogenated alkanes) is 4. The molecule has 5 heteroatoms. The summed E-state index contributed by atoms with van der Waals surface area (Å²) in [4.78, 5) is 4.35. The molecule has 1 rings (SSSR count). The van der Waals surface area contributed by atoms with Gasteiger partial charge in [-0.1, -0.05) is 38.7 Å². The van der Waals surface area contributed by atoms with Crippen molar-refractivity contribution in [3.05, 3.63) is 23.8 Å². The summed E-state index contributed by atoms with van der Waals surface area (Å²) in [5, 5.41) is 3.15. The normalized spacial score (nSPS) is 11.3. The standard InChI is InChI=1S/C18H31N3O2/c1-4-5-6-7-8-12-20-18(19)21-13-11-15-9-10-16(22-2)17(14-15)23-3/h9-10,14H,4-8,11-13H2,1-3H3,(H3,19,20,21). The van der Waals surface area contributed by atoms with Crippen molar-refractivity contribution in [1.82, 2.24) is 5.32 Å². The van der Waals surface area contributed by atoms with Gasteiger partial charge in [-0.2, -0.15) is 0 Å². The summed E-state index contributed by atoms with van der Waals surface area (Å²) in [6.07, 6.45) is 7.06. The lowest BCUT2D eigenvalue weighted by Crippen LogP contribution is -2.33. The second-order valence-corrected chi connectivity index (χ2v) is 5.55. The van der Waals surface area contributed by atoms with Crippen LogP contribution in [0.2, 0.25) is 0 Å². The average Bonchev–Trinajstić information content (AvgIpc) is 2.57. The van der Waals surface area contributed by atoms with Gasteiger partial charge >= 0.3 is 0 Å². The molecule has 0 aromatic heterocycles. The summed E-state index contributed by atoms with van der Waals surface area (Å²) in [6, 6.07) is 5.94. The molecule has 0 bridgehead atoms. The number of rotatable bonds is 11. The highest BCUT2D eigenvalue weighted by Gasteiger charge is 2.04. The Balaban J connectivity index is 2.27. The van der Waals surface area contributed by atoms with Gasteiger partial charge in [-0.05, 0) is 30.5 Å². The molecule has 0 aliphatic heterocycles. The summed E-state index contributed by atoms with van der Waals surface area (Å²) in [5.74, 6) is 2.02. The van der Waals surface area contributed by atoms with Crippen molar-refractivity contribution in [3.63, 3.8) is 0 Å². The molecular formula is C18H31N3O2. The molecule has 0 radical (unpaired) electrons. The van der Waals surface area contributed by atoms with Gasteiger partial charge in [0.15, 0.2) is 17.5 Å². The third kappa shape index (κ3) is 7.77. The Morgan fingerprint density at radius 3 is 2.52 bits per heavy atom. The van der Waals surface area contributed by atoms with E-state index >= 15 is 0 Å². The third-order valence-corrected chi connectivity index (χ3v) is 3.71. The van der Waals surface area contributed by atoms with E-state index in [1.54, 1.807) is 14.2 Å². The Morgan fingerprint density at radius 1 is 1.09 bits per heavy atom. The predicted molar refractivity (Wildman–Crippen MR) is 96.5 cm³/mol. The van der Waals surface area contributed by atoms with Gasteiger partial charge in [0.25, 0.3) is 0 Å². The topological polar surface area (TPSA) is 68.9 Å². The zero-order valence-electron chi connectivity index (χ0n) is 14.7. The molecular weight excluding hydrogens is 290 g/mol. The van der Waals surface area contributed by atoms with Gasteiger partial charge in [0.2, 0.25) is 0 Å². The number of hydrogen-bond donors (Lipinski definition) is 2. The van der Waals surface area contributed by atoms with Crippen LogP contribution in [-0.4, -0.2) is 33.3 Å². The molecule has 0 aliphatic rings. The van der Waals surface area contributed by atoms with E-state index in [1.807, 2.05) is 18.2 Å². The Hall–Kier alpha value is -1.91. The number of nitrogens with one attached hydrogen (secondary N) is 1. The summed E-state index contributed by atoms with van der Waals surface area (Å²) in [5.41, 5.74) is 7.04. The van der Waals surface area contributed by atoms with Gasteiger partial charge in [-0.3, -0.25) is 4.99 Å². The first kappa shape index (κ1) is 19.1. The molecule has 0 atom stereocenters. The number of benzene rings is 1. The zero-order valence-corrected chi connectivity index (χ0v) is 14.7. The van der Waals surface area contributed by atoms with Crippen LogP contribution in [0.4, 0.5) is 0 Å². The fourth-order valence-electron chi connectivity index (χ4n) is 2.34. The quantitative estimate of drug-likeness (QED) is 0.373. The van der Waals surface area contributed by atoms with E-state index < -0.39 is 0 Å². The van der Waals surface area contributed by atoms with Crippen molar-refractivity contribution in [2.75, 3.05) is 27.3 Å². The lowest BCUT2D eigenvalue weighted by atomic mass is 10.1. The smallest absolute Gasteiger partial charge is 0.188 e. The van der Waals surface area contributed by atoms with Crippen LogP contribution in [0, 0.1) is 0 Å². The molecule has 23 heavy (non-hydrogen) atoms. The van der Waals surface area contributed by atoms with Crippen molar-refractivity contribution < 1.29 is 9.47 Å². The number of guanidine groups is 1. The number of aliphatic imine (C=N–C) groups is 1. The first-order chi connectivity index (χ1) is 11.2. The highest BCUT2D eigenvalue weighted by Crippen LogP contribution is 2.27. The highest BCUT2D eigenvalue weighted by atomic mass is 16.5. The predicted octanol–water partition coefficient (Wildman–Crippen LogP) is 3.12. The molecule has 0 heterocycles. The Morgan fingerprint density at radius 2 is 1.83 bits per heavy atom. The van der Waals surface area contributed by atoms with Crippen molar-refractivity contribution in [2.45, 2.75) is 45.4 Å². The zero-order chi connectivity index (χ0) is 16.9. The molecule has 0 aliphatic carbocycles. The van der Waals surface area contributed by atoms with Crippen LogP contribution >= 0.6 is 0 Å². The Labute approximate surface area is 140 Å². The second kappa shape index (κ2) is 11.6. The number of methoxy groups -OCH3 is 2. The first-order valence-electron chi connectivity index (χ1n) is 8.46. The maximum Gasteiger partial charge on any atom is 0.188 e. The SMILES string of the molecule is CCCCCCCN=C(N)NCCc1ccc(OC)c(OC)c1. The molecule has 0 saturated carbocycles. The van der Waals surface area contributed by atoms with E-state index in [-0.39, 0.29) is 0 Å².